The lowest BCUT2D eigenvalue weighted by Crippen LogP contribution is -2.54. The molecule has 0 saturated carbocycles. The van der Waals surface area contributed by atoms with Gasteiger partial charge in [0.05, 0.1) is 7.11 Å². The number of methoxy groups -OCH3 is 1. The molecule has 2 aromatic rings. The quantitative estimate of drug-likeness (QED) is 0.236. The molecule has 5 N–H and O–H groups in total. The number of carbonyl (C=O) groups is 5. The third kappa shape index (κ3) is 9.36. The van der Waals surface area contributed by atoms with Crippen LogP contribution < -0.4 is 20.7 Å². The largest absolute Gasteiger partial charge is 0.497 e. The smallest absolute Gasteiger partial charge is 0.379 e. The van der Waals surface area contributed by atoms with Gasteiger partial charge in [-0.05, 0) is 29.7 Å². The summed E-state index contributed by atoms with van der Waals surface area (Å²) >= 11 is 0. The Morgan fingerprint density at radius 1 is 0.872 bits per heavy atom. The molecule has 11 nitrogen and oxygen atoms in total. The fourth-order valence-corrected chi connectivity index (χ4v) is 3.53. The molecule has 13 heteroatoms. The first-order valence-electron chi connectivity index (χ1n) is 11.7. The van der Waals surface area contributed by atoms with Gasteiger partial charge in [-0.25, -0.2) is 4.79 Å². The van der Waals surface area contributed by atoms with E-state index in [2.05, 4.69) is 16.0 Å². The maximum absolute atomic E-state index is 13.7. The maximum atomic E-state index is 13.7. The lowest BCUT2D eigenvalue weighted by atomic mass is 10.0. The molecule has 0 aliphatic heterocycles. The number of rotatable bonds is 14. The summed E-state index contributed by atoms with van der Waals surface area (Å²) in [5.41, 5.74) is 0.280. The molecule has 0 saturated heterocycles. The Bertz CT molecular complexity index is 1190. The molecule has 0 aliphatic carbocycles. The highest BCUT2D eigenvalue weighted by Gasteiger charge is 2.40. The highest BCUT2D eigenvalue weighted by Crippen LogP contribution is 2.28. The Kier molecular flexibility index (Phi) is 10.9. The highest BCUT2D eigenvalue weighted by molar-refractivity contribution is 5.92. The number of hydrogen-bond donors (Lipinski definition) is 5. The van der Waals surface area contributed by atoms with Gasteiger partial charge in [0.25, 0.3) is 0 Å². The van der Waals surface area contributed by atoms with Gasteiger partial charge in [-0.2, -0.15) is 8.78 Å². The van der Waals surface area contributed by atoms with Gasteiger partial charge < -0.3 is 30.9 Å². The van der Waals surface area contributed by atoms with Crippen molar-refractivity contribution in [2.24, 2.45) is 0 Å². The van der Waals surface area contributed by atoms with Gasteiger partial charge >= 0.3 is 17.9 Å². The number of alkyl halides is 2. The summed E-state index contributed by atoms with van der Waals surface area (Å²) in [5.74, 6) is -9.04. The van der Waals surface area contributed by atoms with E-state index in [1.807, 2.05) is 0 Å². The minimum Gasteiger partial charge on any atom is -0.497 e. The van der Waals surface area contributed by atoms with E-state index in [0.29, 0.717) is 11.3 Å². The van der Waals surface area contributed by atoms with Crippen molar-refractivity contribution in [2.75, 3.05) is 7.11 Å². The zero-order valence-electron chi connectivity index (χ0n) is 21.2. The van der Waals surface area contributed by atoms with E-state index in [1.54, 1.807) is 24.3 Å². The van der Waals surface area contributed by atoms with Crippen molar-refractivity contribution in [3.05, 3.63) is 65.2 Å². The standard InChI is InChI=1S/C26H29F2N3O8/c1-15(32)30-21(13-16-3-7-18(8-4-16)26(27,28)25(37)38)24(36)31-20(11-12-22(33)34)23(35)29-14-17-5-9-19(39-2)10-6-17/h3-10,20-21H,11-14H2,1-2H3,(H,29,35)(H,30,32)(H,31,36)(H,33,34)(H,37,38)/t20-,21-/m0/s1. The summed E-state index contributed by atoms with van der Waals surface area (Å²) in [5, 5.41) is 25.3. The van der Waals surface area contributed by atoms with Crippen LogP contribution in [0.3, 0.4) is 0 Å². The second-order valence-electron chi connectivity index (χ2n) is 8.59. The van der Waals surface area contributed by atoms with Crippen molar-refractivity contribution in [1.82, 2.24) is 16.0 Å². The Labute approximate surface area is 222 Å². The number of benzene rings is 2. The van der Waals surface area contributed by atoms with Crippen molar-refractivity contribution in [2.45, 2.75) is 50.7 Å². The molecule has 0 aromatic heterocycles. The molecule has 0 spiro atoms. The molecule has 2 atom stereocenters. The van der Waals surface area contributed by atoms with Gasteiger partial charge in [0.1, 0.15) is 17.8 Å². The minimum absolute atomic E-state index is 0.0880. The number of hydrogen-bond acceptors (Lipinski definition) is 6. The predicted molar refractivity (Wildman–Crippen MR) is 133 cm³/mol. The number of carboxylic acids is 2. The third-order valence-electron chi connectivity index (χ3n) is 5.62. The Hall–Kier alpha value is -4.55. The van der Waals surface area contributed by atoms with Crippen LogP contribution in [0.25, 0.3) is 0 Å². The maximum Gasteiger partial charge on any atom is 0.379 e. The zero-order chi connectivity index (χ0) is 29.2. The minimum atomic E-state index is -4.11. The number of amides is 3. The van der Waals surface area contributed by atoms with Crippen LogP contribution in [0.2, 0.25) is 0 Å². The zero-order valence-corrected chi connectivity index (χ0v) is 21.2. The SMILES string of the molecule is COc1ccc(CNC(=O)[C@H](CCC(=O)O)NC(=O)[C@H](Cc2ccc(C(F)(F)C(=O)O)cc2)NC(C)=O)cc1. The average Bonchev–Trinajstić information content (AvgIpc) is 2.89. The second kappa shape index (κ2) is 13.8. The van der Waals surface area contributed by atoms with Crippen LogP contribution in [0.5, 0.6) is 5.75 Å². The highest BCUT2D eigenvalue weighted by atomic mass is 19.3. The molecule has 39 heavy (non-hydrogen) atoms. The van der Waals surface area contributed by atoms with Gasteiger partial charge in [-0.3, -0.25) is 19.2 Å². The number of nitrogens with one attached hydrogen (secondary N) is 3. The Morgan fingerprint density at radius 2 is 1.46 bits per heavy atom. The summed E-state index contributed by atoms with van der Waals surface area (Å²) in [6, 6.07) is 8.51. The molecule has 3 amide bonds. The van der Waals surface area contributed by atoms with Crippen LogP contribution in [0.15, 0.2) is 48.5 Å². The van der Waals surface area contributed by atoms with E-state index in [4.69, 9.17) is 14.9 Å². The monoisotopic (exact) mass is 549 g/mol. The fourth-order valence-electron chi connectivity index (χ4n) is 3.53. The molecule has 0 bridgehead atoms. The molecular weight excluding hydrogens is 520 g/mol. The van der Waals surface area contributed by atoms with E-state index >= 15 is 0 Å². The molecule has 2 rings (SSSR count). The molecule has 210 valence electrons. The van der Waals surface area contributed by atoms with Crippen molar-refractivity contribution in [3.63, 3.8) is 0 Å². The number of aliphatic carboxylic acids is 2. The van der Waals surface area contributed by atoms with Crippen LogP contribution in [-0.4, -0.2) is 59.1 Å². The van der Waals surface area contributed by atoms with Gasteiger partial charge in [-0.15, -0.1) is 0 Å². The first kappa shape index (κ1) is 30.7. The van der Waals surface area contributed by atoms with Crippen LogP contribution in [-0.2, 0) is 42.9 Å². The lowest BCUT2D eigenvalue weighted by molar-refractivity contribution is -0.166. The number of carboxylic acid groups (broad SMARTS) is 2. The summed E-state index contributed by atoms with van der Waals surface area (Å²) in [6.07, 6.45) is -0.838. The first-order chi connectivity index (χ1) is 18.3. The van der Waals surface area contributed by atoms with Crippen LogP contribution in [0.4, 0.5) is 8.78 Å². The van der Waals surface area contributed by atoms with Gasteiger partial charge in [0, 0.05) is 31.9 Å². The van der Waals surface area contributed by atoms with E-state index in [9.17, 15) is 32.8 Å². The van der Waals surface area contributed by atoms with E-state index in [-0.39, 0.29) is 19.4 Å². The van der Waals surface area contributed by atoms with Crippen molar-refractivity contribution >= 4 is 29.7 Å². The van der Waals surface area contributed by atoms with Gasteiger partial charge in [0.15, 0.2) is 0 Å². The predicted octanol–water partition coefficient (Wildman–Crippen LogP) is 1.58. The fraction of sp³-hybridized carbons (Fsp3) is 0.346. The van der Waals surface area contributed by atoms with Gasteiger partial charge in [-0.1, -0.05) is 36.4 Å². The van der Waals surface area contributed by atoms with Gasteiger partial charge in [0.2, 0.25) is 17.7 Å². The average molecular weight is 550 g/mol. The second-order valence-corrected chi connectivity index (χ2v) is 8.59. The molecule has 0 aliphatic rings. The van der Waals surface area contributed by atoms with Crippen LogP contribution >= 0.6 is 0 Å². The normalized spacial score (nSPS) is 12.5. The van der Waals surface area contributed by atoms with E-state index in [0.717, 1.165) is 24.6 Å². The summed E-state index contributed by atoms with van der Waals surface area (Å²) in [4.78, 5) is 59.5. The van der Waals surface area contributed by atoms with Crippen molar-refractivity contribution in [1.29, 1.82) is 0 Å². The van der Waals surface area contributed by atoms with Crippen molar-refractivity contribution in [3.8, 4) is 5.75 Å². The van der Waals surface area contributed by atoms with E-state index < -0.39 is 59.7 Å². The molecule has 0 heterocycles. The van der Waals surface area contributed by atoms with E-state index in [1.165, 1.54) is 19.2 Å². The summed E-state index contributed by atoms with van der Waals surface area (Å²) in [7, 11) is 1.51. The lowest BCUT2D eigenvalue weighted by Gasteiger charge is -2.23. The summed E-state index contributed by atoms with van der Waals surface area (Å²) in [6.45, 7) is 1.24. The molecule has 0 fully saturated rings. The van der Waals surface area contributed by atoms with Crippen molar-refractivity contribution < 1.29 is 47.7 Å². The Morgan fingerprint density at radius 3 is 1.97 bits per heavy atom. The molecular formula is C26H29F2N3O8. The van der Waals surface area contributed by atoms with Crippen LogP contribution in [0.1, 0.15) is 36.5 Å². The van der Waals surface area contributed by atoms with Crippen LogP contribution in [0, 0.1) is 0 Å². The molecule has 0 unspecified atom stereocenters. The summed E-state index contributed by atoms with van der Waals surface area (Å²) < 4.78 is 32.5. The first-order valence-corrected chi connectivity index (χ1v) is 11.7. The number of carbonyl (C=O) groups excluding carboxylic acids is 3. The molecule has 0 radical (unpaired) electrons. The third-order valence-corrected chi connectivity index (χ3v) is 5.62. The topological polar surface area (TPSA) is 171 Å². The Balaban J connectivity index is 2.15. The molecule has 2 aromatic carbocycles. The number of ether oxygens (including phenoxy) is 1. The number of halogens is 2.